The van der Waals surface area contributed by atoms with Crippen LogP contribution in [-0.2, 0) is 0 Å². The Labute approximate surface area is 216 Å². The van der Waals surface area contributed by atoms with Crippen LogP contribution in [0.25, 0.3) is 0 Å². The van der Waals surface area contributed by atoms with Crippen LogP contribution in [0.15, 0.2) is 78.9 Å². The molecule has 0 radical (unpaired) electrons. The van der Waals surface area contributed by atoms with Gasteiger partial charge in [-0.3, -0.25) is 4.90 Å². The second-order valence-corrected chi connectivity index (χ2v) is 8.81. The van der Waals surface area contributed by atoms with Crippen LogP contribution >= 0.6 is 24.8 Å². The Morgan fingerprint density at radius 3 is 1.85 bits per heavy atom. The summed E-state index contributed by atoms with van der Waals surface area (Å²) < 4.78 is 12.5. The van der Waals surface area contributed by atoms with E-state index in [0.29, 0.717) is 12.0 Å². The summed E-state index contributed by atoms with van der Waals surface area (Å²) in [5.74, 6) is 3.77. The maximum atomic E-state index is 6.33. The summed E-state index contributed by atoms with van der Waals surface area (Å²) >= 11 is 0. The molecule has 1 aliphatic rings. The van der Waals surface area contributed by atoms with E-state index in [1.165, 1.54) is 12.0 Å². The molecule has 184 valence electrons. The highest BCUT2D eigenvalue weighted by Gasteiger charge is 2.24. The van der Waals surface area contributed by atoms with Crippen LogP contribution in [0.1, 0.15) is 38.3 Å². The number of ether oxygens (including phenoxy) is 2. The molecule has 1 atom stereocenters. The summed E-state index contributed by atoms with van der Waals surface area (Å²) in [6.07, 6.45) is 2.34. The number of nitrogens with one attached hydrogen (secondary N) is 1. The maximum absolute atomic E-state index is 6.33. The van der Waals surface area contributed by atoms with Crippen LogP contribution in [-0.4, -0.2) is 31.1 Å². The molecule has 0 aliphatic carbocycles. The average Bonchev–Trinajstić information content (AvgIpc) is 2.82. The van der Waals surface area contributed by atoms with Gasteiger partial charge in [0.15, 0.2) is 11.5 Å². The fourth-order valence-corrected chi connectivity index (χ4v) is 4.17. The SMILES string of the molecule is CC(C)CC[C@H](c1ccc(Oc2ccccc2)c(Oc2ccccc2)c1)N1CCNCC1.Cl.Cl. The minimum atomic E-state index is 0. The fraction of sp³-hybridized carbons (Fsp3) is 0.357. The Bertz CT molecular complexity index is 965. The van der Waals surface area contributed by atoms with Gasteiger partial charge in [0.1, 0.15) is 11.5 Å². The standard InChI is InChI=1S/C28H34N2O2.2ClH/c1-22(2)13-15-26(30-19-17-29-18-20-30)23-14-16-27(31-24-9-5-3-6-10-24)28(21-23)32-25-11-7-4-8-12-25;;/h3-12,14,16,21-22,26,29H,13,15,17-20H2,1-2H3;2*1H/t26-;;/m1../s1. The molecule has 3 aromatic carbocycles. The average molecular weight is 504 g/mol. The molecule has 0 unspecified atom stereocenters. The molecule has 3 aromatic rings. The highest BCUT2D eigenvalue weighted by Crippen LogP contribution is 2.39. The van der Waals surface area contributed by atoms with Crippen molar-refractivity contribution in [3.63, 3.8) is 0 Å². The van der Waals surface area contributed by atoms with Gasteiger partial charge in [0.25, 0.3) is 0 Å². The fourth-order valence-electron chi connectivity index (χ4n) is 4.17. The molecule has 1 heterocycles. The van der Waals surface area contributed by atoms with Crippen molar-refractivity contribution in [2.24, 2.45) is 5.92 Å². The smallest absolute Gasteiger partial charge is 0.170 e. The molecule has 0 amide bonds. The van der Waals surface area contributed by atoms with Gasteiger partial charge in [0, 0.05) is 32.2 Å². The van der Waals surface area contributed by atoms with E-state index in [2.05, 4.69) is 42.3 Å². The molecular formula is C28H36Cl2N2O2. The van der Waals surface area contributed by atoms with E-state index in [4.69, 9.17) is 9.47 Å². The van der Waals surface area contributed by atoms with Gasteiger partial charge >= 0.3 is 0 Å². The quantitative estimate of drug-likeness (QED) is 0.328. The van der Waals surface area contributed by atoms with E-state index in [0.717, 1.165) is 55.6 Å². The van der Waals surface area contributed by atoms with Crippen molar-refractivity contribution in [1.29, 1.82) is 0 Å². The highest BCUT2D eigenvalue weighted by atomic mass is 35.5. The normalized spacial score (nSPS) is 14.6. The summed E-state index contributed by atoms with van der Waals surface area (Å²) in [5.41, 5.74) is 1.29. The molecule has 1 N–H and O–H groups in total. The summed E-state index contributed by atoms with van der Waals surface area (Å²) in [7, 11) is 0. The van der Waals surface area contributed by atoms with Crippen LogP contribution < -0.4 is 14.8 Å². The number of hydrogen-bond acceptors (Lipinski definition) is 4. The van der Waals surface area contributed by atoms with Gasteiger partial charge < -0.3 is 14.8 Å². The molecule has 6 heteroatoms. The van der Waals surface area contributed by atoms with Gasteiger partial charge in [-0.15, -0.1) is 24.8 Å². The van der Waals surface area contributed by atoms with E-state index in [1.807, 2.05) is 60.7 Å². The lowest BCUT2D eigenvalue weighted by molar-refractivity contribution is 0.159. The third kappa shape index (κ3) is 7.92. The summed E-state index contributed by atoms with van der Waals surface area (Å²) in [5, 5.41) is 3.48. The van der Waals surface area contributed by atoms with Crippen LogP contribution in [0.5, 0.6) is 23.0 Å². The lowest BCUT2D eigenvalue weighted by Crippen LogP contribution is -2.45. The Morgan fingerprint density at radius 1 is 0.735 bits per heavy atom. The number of nitrogens with zero attached hydrogens (tertiary/aromatic N) is 1. The van der Waals surface area contributed by atoms with Gasteiger partial charge in [-0.2, -0.15) is 0 Å². The Balaban J connectivity index is 0.00000204. The van der Waals surface area contributed by atoms with Crippen molar-refractivity contribution in [3.8, 4) is 23.0 Å². The molecule has 1 fully saturated rings. The topological polar surface area (TPSA) is 33.7 Å². The van der Waals surface area contributed by atoms with Crippen molar-refractivity contribution in [3.05, 3.63) is 84.4 Å². The van der Waals surface area contributed by atoms with Gasteiger partial charge in [-0.1, -0.05) is 56.3 Å². The molecule has 0 aromatic heterocycles. The van der Waals surface area contributed by atoms with Crippen LogP contribution in [0, 0.1) is 5.92 Å². The van der Waals surface area contributed by atoms with E-state index in [1.54, 1.807) is 0 Å². The molecule has 1 aliphatic heterocycles. The first-order valence-corrected chi connectivity index (χ1v) is 11.7. The number of benzene rings is 3. The summed E-state index contributed by atoms with van der Waals surface area (Å²) in [4.78, 5) is 2.61. The minimum absolute atomic E-state index is 0. The molecule has 34 heavy (non-hydrogen) atoms. The monoisotopic (exact) mass is 502 g/mol. The number of para-hydroxylation sites is 2. The lowest BCUT2D eigenvalue weighted by atomic mass is 9.95. The summed E-state index contributed by atoms with van der Waals surface area (Å²) in [6, 6.07) is 26.6. The van der Waals surface area contributed by atoms with Crippen molar-refractivity contribution < 1.29 is 9.47 Å². The zero-order valence-electron chi connectivity index (χ0n) is 20.0. The van der Waals surface area contributed by atoms with Crippen LogP contribution in [0.2, 0.25) is 0 Å². The summed E-state index contributed by atoms with van der Waals surface area (Å²) in [6.45, 7) is 8.83. The zero-order chi connectivity index (χ0) is 22.2. The molecule has 1 saturated heterocycles. The molecule has 4 nitrogen and oxygen atoms in total. The van der Waals surface area contributed by atoms with E-state index < -0.39 is 0 Å². The second kappa shape index (κ2) is 14.2. The minimum Gasteiger partial charge on any atom is -0.453 e. The molecule has 4 rings (SSSR count). The van der Waals surface area contributed by atoms with E-state index in [-0.39, 0.29) is 24.8 Å². The first-order chi connectivity index (χ1) is 15.7. The Morgan fingerprint density at radius 2 is 1.29 bits per heavy atom. The van der Waals surface area contributed by atoms with Gasteiger partial charge in [-0.05, 0) is 60.7 Å². The molecule has 0 saturated carbocycles. The first kappa shape index (κ1) is 28.0. The predicted molar refractivity (Wildman–Crippen MR) is 145 cm³/mol. The third-order valence-electron chi connectivity index (χ3n) is 5.90. The predicted octanol–water partition coefficient (Wildman–Crippen LogP) is 7.50. The highest BCUT2D eigenvalue weighted by molar-refractivity contribution is 5.85. The van der Waals surface area contributed by atoms with E-state index >= 15 is 0 Å². The zero-order valence-corrected chi connectivity index (χ0v) is 21.6. The van der Waals surface area contributed by atoms with Crippen LogP contribution in [0.4, 0.5) is 0 Å². The van der Waals surface area contributed by atoms with Gasteiger partial charge in [0.2, 0.25) is 0 Å². The molecule has 0 spiro atoms. The van der Waals surface area contributed by atoms with Gasteiger partial charge in [0.05, 0.1) is 0 Å². The number of hydrogen-bond donors (Lipinski definition) is 1. The second-order valence-electron chi connectivity index (χ2n) is 8.81. The largest absolute Gasteiger partial charge is 0.453 e. The number of rotatable bonds is 9. The van der Waals surface area contributed by atoms with Crippen molar-refractivity contribution >= 4 is 24.8 Å². The number of piperazine rings is 1. The Hall–Kier alpha value is -2.24. The van der Waals surface area contributed by atoms with Gasteiger partial charge in [-0.25, -0.2) is 0 Å². The van der Waals surface area contributed by atoms with Crippen molar-refractivity contribution in [1.82, 2.24) is 10.2 Å². The van der Waals surface area contributed by atoms with Crippen molar-refractivity contribution in [2.75, 3.05) is 26.2 Å². The maximum Gasteiger partial charge on any atom is 0.170 e. The first-order valence-electron chi connectivity index (χ1n) is 11.7. The van der Waals surface area contributed by atoms with Crippen molar-refractivity contribution in [2.45, 2.75) is 32.7 Å². The lowest BCUT2D eigenvalue weighted by Gasteiger charge is -2.36. The molecular weight excluding hydrogens is 467 g/mol. The van der Waals surface area contributed by atoms with Crippen LogP contribution in [0.3, 0.4) is 0 Å². The van der Waals surface area contributed by atoms with E-state index in [9.17, 15) is 0 Å². The molecule has 0 bridgehead atoms. The Kier molecular flexibility index (Phi) is 11.7. The number of halogens is 2. The third-order valence-corrected chi connectivity index (χ3v) is 5.90.